The van der Waals surface area contributed by atoms with Crippen molar-refractivity contribution in [3.8, 4) is 0 Å². The summed E-state index contributed by atoms with van der Waals surface area (Å²) in [4.78, 5) is 24.7. The molecule has 1 heterocycles. The maximum absolute atomic E-state index is 12.1. The molecule has 21 heavy (non-hydrogen) atoms. The quantitative estimate of drug-likeness (QED) is 0.650. The van der Waals surface area contributed by atoms with E-state index >= 15 is 0 Å². The summed E-state index contributed by atoms with van der Waals surface area (Å²) >= 11 is 3.25. The molecule has 1 amide bonds. The zero-order chi connectivity index (χ0) is 15.2. The van der Waals surface area contributed by atoms with Crippen molar-refractivity contribution in [3.05, 3.63) is 38.3 Å². The van der Waals surface area contributed by atoms with Crippen LogP contribution in [0.15, 0.2) is 22.7 Å². The lowest BCUT2D eigenvalue weighted by Gasteiger charge is -2.26. The van der Waals surface area contributed by atoms with Gasteiger partial charge in [0.25, 0.3) is 11.6 Å². The normalized spacial score (nSPS) is 15.7. The Morgan fingerprint density at radius 2 is 2.05 bits per heavy atom. The molecule has 1 saturated heterocycles. The number of carbonyl (C=O) groups excluding carboxylic acids is 1. The van der Waals surface area contributed by atoms with Crippen LogP contribution in [0.4, 0.5) is 5.69 Å². The second-order valence-electron chi connectivity index (χ2n) is 5.08. The highest BCUT2D eigenvalue weighted by atomic mass is 79.9. The first kappa shape index (κ1) is 15.9. The summed E-state index contributed by atoms with van der Waals surface area (Å²) in [6, 6.07) is 4.19. The Hall–Kier alpha value is -1.47. The lowest BCUT2D eigenvalue weighted by Crippen LogP contribution is -2.37. The van der Waals surface area contributed by atoms with Gasteiger partial charge in [0.2, 0.25) is 0 Å². The molecule has 0 radical (unpaired) electrons. The molecule has 1 N–H and O–H groups in total. The van der Waals surface area contributed by atoms with Gasteiger partial charge in [0.15, 0.2) is 0 Å². The van der Waals surface area contributed by atoms with Crippen LogP contribution in [0.1, 0.15) is 29.6 Å². The molecule has 0 saturated carbocycles. The first-order chi connectivity index (χ1) is 10.1. The first-order valence-corrected chi connectivity index (χ1v) is 7.82. The van der Waals surface area contributed by atoms with E-state index in [0.29, 0.717) is 16.6 Å². The molecule has 1 aliphatic heterocycles. The molecule has 114 valence electrons. The molecule has 1 aromatic rings. The van der Waals surface area contributed by atoms with E-state index in [9.17, 15) is 14.9 Å². The van der Waals surface area contributed by atoms with Crippen molar-refractivity contribution in [2.45, 2.75) is 19.3 Å². The van der Waals surface area contributed by atoms with Gasteiger partial charge in [-0.1, -0.05) is 6.42 Å². The molecule has 0 aliphatic carbocycles. The Labute approximate surface area is 131 Å². The van der Waals surface area contributed by atoms with Gasteiger partial charge in [-0.25, -0.2) is 0 Å². The van der Waals surface area contributed by atoms with E-state index in [-0.39, 0.29) is 11.6 Å². The van der Waals surface area contributed by atoms with Crippen LogP contribution in [0.3, 0.4) is 0 Å². The Morgan fingerprint density at radius 3 is 2.71 bits per heavy atom. The van der Waals surface area contributed by atoms with Gasteiger partial charge in [0.1, 0.15) is 0 Å². The van der Waals surface area contributed by atoms with Crippen molar-refractivity contribution in [1.82, 2.24) is 10.2 Å². The maximum atomic E-state index is 12.1. The van der Waals surface area contributed by atoms with Crippen LogP contribution in [0, 0.1) is 10.1 Å². The minimum atomic E-state index is -0.503. The zero-order valence-corrected chi connectivity index (χ0v) is 13.3. The Kier molecular flexibility index (Phi) is 5.69. The number of nitrogens with zero attached hydrogens (tertiary/aromatic N) is 2. The Morgan fingerprint density at radius 1 is 1.33 bits per heavy atom. The van der Waals surface area contributed by atoms with E-state index < -0.39 is 4.92 Å². The number of hydrogen-bond acceptors (Lipinski definition) is 4. The standard InChI is InChI=1S/C14H18BrN3O3/c15-13-5-4-11(18(20)21)10-12(13)14(19)16-6-9-17-7-2-1-3-8-17/h4-5,10H,1-3,6-9H2,(H,16,19). The Bertz CT molecular complexity index is 530. The topological polar surface area (TPSA) is 75.5 Å². The monoisotopic (exact) mass is 355 g/mol. The predicted octanol–water partition coefficient (Wildman–Crippen LogP) is 2.57. The number of rotatable bonds is 5. The summed E-state index contributed by atoms with van der Waals surface area (Å²) in [5, 5.41) is 13.6. The van der Waals surface area contributed by atoms with Crippen LogP contribution in [0.2, 0.25) is 0 Å². The van der Waals surface area contributed by atoms with Crippen molar-refractivity contribution in [2.24, 2.45) is 0 Å². The lowest BCUT2D eigenvalue weighted by molar-refractivity contribution is -0.384. The minimum Gasteiger partial charge on any atom is -0.351 e. The smallest absolute Gasteiger partial charge is 0.270 e. The molecule has 0 bridgehead atoms. The number of nitro groups is 1. The molecule has 1 aliphatic rings. The fourth-order valence-corrected chi connectivity index (χ4v) is 2.83. The second kappa shape index (κ2) is 7.51. The first-order valence-electron chi connectivity index (χ1n) is 7.02. The van der Waals surface area contributed by atoms with Crippen LogP contribution in [0.5, 0.6) is 0 Å². The van der Waals surface area contributed by atoms with Crippen molar-refractivity contribution < 1.29 is 9.72 Å². The zero-order valence-electron chi connectivity index (χ0n) is 11.7. The second-order valence-corrected chi connectivity index (χ2v) is 5.93. The summed E-state index contributed by atoms with van der Waals surface area (Å²) in [5.74, 6) is -0.289. The molecule has 7 heteroatoms. The lowest BCUT2D eigenvalue weighted by atomic mass is 10.1. The molecular formula is C14H18BrN3O3. The largest absolute Gasteiger partial charge is 0.351 e. The van der Waals surface area contributed by atoms with Crippen molar-refractivity contribution >= 4 is 27.5 Å². The summed E-state index contributed by atoms with van der Waals surface area (Å²) in [5.41, 5.74) is 0.210. The Balaban J connectivity index is 1.90. The van der Waals surface area contributed by atoms with Crippen LogP contribution >= 0.6 is 15.9 Å². The van der Waals surface area contributed by atoms with Gasteiger partial charge in [0.05, 0.1) is 10.5 Å². The maximum Gasteiger partial charge on any atom is 0.270 e. The number of carbonyl (C=O) groups is 1. The molecule has 0 spiro atoms. The van der Waals surface area contributed by atoms with Gasteiger partial charge in [-0.2, -0.15) is 0 Å². The number of piperidine rings is 1. The van der Waals surface area contributed by atoms with Gasteiger partial charge in [0, 0.05) is 29.7 Å². The highest BCUT2D eigenvalue weighted by Crippen LogP contribution is 2.22. The van der Waals surface area contributed by atoms with Crippen molar-refractivity contribution in [3.63, 3.8) is 0 Å². The minimum absolute atomic E-state index is 0.0839. The molecule has 0 atom stereocenters. The van der Waals surface area contributed by atoms with Crippen LogP contribution < -0.4 is 5.32 Å². The highest BCUT2D eigenvalue weighted by Gasteiger charge is 2.16. The van der Waals surface area contributed by atoms with Crippen LogP contribution in [-0.2, 0) is 0 Å². The van der Waals surface area contributed by atoms with Crippen molar-refractivity contribution in [2.75, 3.05) is 26.2 Å². The average Bonchev–Trinajstić information content (AvgIpc) is 2.48. The van der Waals surface area contributed by atoms with Gasteiger partial charge < -0.3 is 10.2 Å². The van der Waals surface area contributed by atoms with E-state index in [2.05, 4.69) is 26.1 Å². The number of amides is 1. The fourth-order valence-electron chi connectivity index (χ4n) is 2.41. The number of nitrogens with one attached hydrogen (secondary N) is 1. The van der Waals surface area contributed by atoms with E-state index in [4.69, 9.17) is 0 Å². The number of likely N-dealkylation sites (tertiary alicyclic amines) is 1. The number of benzene rings is 1. The number of hydrogen-bond donors (Lipinski definition) is 1. The molecule has 1 aromatic carbocycles. The summed E-state index contributed by atoms with van der Waals surface area (Å²) < 4.78 is 0.559. The molecule has 2 rings (SSSR count). The molecule has 6 nitrogen and oxygen atoms in total. The van der Waals surface area contributed by atoms with Crippen molar-refractivity contribution in [1.29, 1.82) is 0 Å². The van der Waals surface area contributed by atoms with Crippen LogP contribution in [0.25, 0.3) is 0 Å². The van der Waals surface area contributed by atoms with Gasteiger partial charge in [-0.05, 0) is 47.9 Å². The van der Waals surface area contributed by atoms with Gasteiger partial charge in [-0.3, -0.25) is 14.9 Å². The van der Waals surface area contributed by atoms with E-state index in [1.165, 1.54) is 37.5 Å². The molecule has 1 fully saturated rings. The third kappa shape index (κ3) is 4.50. The molecule has 0 aromatic heterocycles. The van der Waals surface area contributed by atoms with E-state index in [1.807, 2.05) is 0 Å². The number of halogens is 1. The third-order valence-corrected chi connectivity index (χ3v) is 4.26. The summed E-state index contributed by atoms with van der Waals surface area (Å²) in [6.45, 7) is 3.53. The highest BCUT2D eigenvalue weighted by molar-refractivity contribution is 9.10. The molecule has 0 unspecified atom stereocenters. The SMILES string of the molecule is O=C(NCCN1CCCCC1)c1cc([N+](=O)[O-])ccc1Br. The van der Waals surface area contributed by atoms with E-state index in [1.54, 1.807) is 0 Å². The number of nitro benzene ring substituents is 1. The average molecular weight is 356 g/mol. The summed E-state index contributed by atoms with van der Waals surface area (Å²) in [6.07, 6.45) is 3.71. The van der Waals surface area contributed by atoms with Gasteiger partial charge in [-0.15, -0.1) is 0 Å². The predicted molar refractivity (Wildman–Crippen MR) is 83.4 cm³/mol. The summed E-state index contributed by atoms with van der Waals surface area (Å²) in [7, 11) is 0. The fraction of sp³-hybridized carbons (Fsp3) is 0.500. The molecular weight excluding hydrogens is 338 g/mol. The third-order valence-electron chi connectivity index (χ3n) is 3.57. The van der Waals surface area contributed by atoms with E-state index in [0.717, 1.165) is 19.6 Å². The van der Waals surface area contributed by atoms with Crippen LogP contribution in [-0.4, -0.2) is 41.9 Å². The van der Waals surface area contributed by atoms with Gasteiger partial charge >= 0.3 is 0 Å². The number of non-ortho nitro benzene ring substituents is 1.